The van der Waals surface area contributed by atoms with E-state index in [1.807, 2.05) is 47.0 Å². The fourth-order valence-electron chi connectivity index (χ4n) is 3.45. The number of nitrogens with one attached hydrogen (secondary N) is 1. The number of amides is 2. The first-order valence-electron chi connectivity index (χ1n) is 10.3. The normalized spacial score (nSPS) is 17.2. The highest BCUT2D eigenvalue weighted by Gasteiger charge is 2.29. The fourth-order valence-corrected chi connectivity index (χ4v) is 4.39. The van der Waals surface area contributed by atoms with E-state index in [4.69, 9.17) is 0 Å². The molecule has 2 aromatic rings. The number of benzene rings is 2. The minimum Gasteiger partial charge on any atom is -0.336 e. The molecule has 1 saturated carbocycles. The van der Waals surface area contributed by atoms with Crippen molar-refractivity contribution in [2.45, 2.75) is 17.7 Å². The predicted octanol–water partition coefficient (Wildman–Crippen LogP) is 3.59. The van der Waals surface area contributed by atoms with E-state index in [1.165, 1.54) is 4.90 Å². The number of carbonyl (C=O) groups excluding carboxylic acids is 2. The van der Waals surface area contributed by atoms with E-state index in [-0.39, 0.29) is 17.7 Å². The molecule has 29 heavy (non-hydrogen) atoms. The highest BCUT2D eigenvalue weighted by atomic mass is 32.2. The molecule has 5 nitrogen and oxygen atoms in total. The van der Waals surface area contributed by atoms with Gasteiger partial charge in [0.2, 0.25) is 5.91 Å². The van der Waals surface area contributed by atoms with Gasteiger partial charge in [0.15, 0.2) is 0 Å². The Labute approximate surface area is 176 Å². The molecular formula is C23H27N3O2S. The van der Waals surface area contributed by atoms with Crippen LogP contribution in [0.2, 0.25) is 0 Å². The van der Waals surface area contributed by atoms with E-state index in [9.17, 15) is 9.59 Å². The van der Waals surface area contributed by atoms with E-state index in [1.54, 1.807) is 0 Å². The van der Waals surface area contributed by atoms with Crippen LogP contribution in [-0.4, -0.2) is 60.1 Å². The molecule has 0 unspecified atom stereocenters. The van der Waals surface area contributed by atoms with Crippen molar-refractivity contribution in [3.63, 3.8) is 0 Å². The van der Waals surface area contributed by atoms with Crippen LogP contribution in [0.4, 0.5) is 5.69 Å². The van der Waals surface area contributed by atoms with E-state index < -0.39 is 0 Å². The van der Waals surface area contributed by atoms with Gasteiger partial charge in [-0.3, -0.25) is 14.5 Å². The Morgan fingerprint density at radius 1 is 0.931 bits per heavy atom. The van der Waals surface area contributed by atoms with Crippen LogP contribution >= 0.6 is 11.8 Å². The Balaban J connectivity index is 1.20. The van der Waals surface area contributed by atoms with Gasteiger partial charge in [0.1, 0.15) is 0 Å². The van der Waals surface area contributed by atoms with Crippen LogP contribution in [0.5, 0.6) is 0 Å². The molecule has 2 fully saturated rings. The third-order valence-electron chi connectivity index (χ3n) is 5.43. The summed E-state index contributed by atoms with van der Waals surface area (Å²) in [4.78, 5) is 30.3. The summed E-state index contributed by atoms with van der Waals surface area (Å²) in [6.07, 6.45) is 1.97. The molecule has 0 aromatic heterocycles. The quantitative estimate of drug-likeness (QED) is 0.710. The second kappa shape index (κ2) is 9.46. The van der Waals surface area contributed by atoms with Gasteiger partial charge in [-0.2, -0.15) is 0 Å². The van der Waals surface area contributed by atoms with Crippen molar-refractivity contribution < 1.29 is 9.59 Å². The number of nitrogens with zero attached hydrogens (tertiary/aromatic N) is 2. The molecule has 0 radical (unpaired) electrons. The summed E-state index contributed by atoms with van der Waals surface area (Å²) in [7, 11) is 0. The number of rotatable bonds is 7. The summed E-state index contributed by atoms with van der Waals surface area (Å²) in [5, 5.41) is 2.91. The molecule has 152 valence electrons. The average molecular weight is 410 g/mol. The molecule has 1 saturated heterocycles. The number of piperazine rings is 1. The number of thioether (sulfide) groups is 1. The molecule has 4 rings (SSSR count). The Morgan fingerprint density at radius 2 is 1.62 bits per heavy atom. The Morgan fingerprint density at radius 3 is 2.28 bits per heavy atom. The predicted molar refractivity (Wildman–Crippen MR) is 117 cm³/mol. The summed E-state index contributed by atoms with van der Waals surface area (Å²) < 4.78 is 0. The second-order valence-corrected chi connectivity index (χ2v) is 8.80. The summed E-state index contributed by atoms with van der Waals surface area (Å²) in [6, 6.07) is 17.7. The van der Waals surface area contributed by atoms with Gasteiger partial charge in [-0.25, -0.2) is 0 Å². The number of anilines is 1. The third kappa shape index (κ3) is 5.61. The lowest BCUT2D eigenvalue weighted by Gasteiger charge is -2.34. The van der Waals surface area contributed by atoms with Gasteiger partial charge in [-0.05, 0) is 49.2 Å². The lowest BCUT2D eigenvalue weighted by molar-refractivity contribution is -0.117. The van der Waals surface area contributed by atoms with Crippen molar-refractivity contribution in [3.05, 3.63) is 60.2 Å². The maximum Gasteiger partial charge on any atom is 0.253 e. The lowest BCUT2D eigenvalue weighted by Crippen LogP contribution is -2.49. The highest BCUT2D eigenvalue weighted by Crippen LogP contribution is 2.30. The number of carbonyl (C=O) groups is 2. The van der Waals surface area contributed by atoms with Gasteiger partial charge in [-0.1, -0.05) is 18.2 Å². The van der Waals surface area contributed by atoms with Crippen LogP contribution in [0.1, 0.15) is 23.2 Å². The first kappa shape index (κ1) is 20.0. The molecule has 0 spiro atoms. The molecule has 2 amide bonds. The zero-order chi connectivity index (χ0) is 20.1. The highest BCUT2D eigenvalue weighted by molar-refractivity contribution is 7.99. The van der Waals surface area contributed by atoms with Crippen molar-refractivity contribution in [1.29, 1.82) is 0 Å². The molecule has 1 aliphatic heterocycles. The van der Waals surface area contributed by atoms with Crippen LogP contribution in [0.3, 0.4) is 0 Å². The molecule has 2 aliphatic rings. The molecule has 6 heteroatoms. The lowest BCUT2D eigenvalue weighted by atomic mass is 10.1. The summed E-state index contributed by atoms with van der Waals surface area (Å²) >= 11 is 1.88. The van der Waals surface area contributed by atoms with Gasteiger partial charge >= 0.3 is 0 Å². The van der Waals surface area contributed by atoms with Crippen LogP contribution in [0, 0.1) is 5.92 Å². The van der Waals surface area contributed by atoms with Crippen molar-refractivity contribution in [2.75, 3.05) is 43.8 Å². The first-order valence-corrected chi connectivity index (χ1v) is 11.3. The van der Waals surface area contributed by atoms with Gasteiger partial charge in [0.05, 0.1) is 0 Å². The Kier molecular flexibility index (Phi) is 6.52. The van der Waals surface area contributed by atoms with Crippen LogP contribution < -0.4 is 5.32 Å². The summed E-state index contributed by atoms with van der Waals surface area (Å²) in [5.74, 6) is 1.40. The molecule has 0 bridgehead atoms. The van der Waals surface area contributed by atoms with Crippen molar-refractivity contribution in [3.8, 4) is 0 Å². The largest absolute Gasteiger partial charge is 0.336 e. The van der Waals surface area contributed by atoms with Gasteiger partial charge < -0.3 is 10.2 Å². The average Bonchev–Trinajstić information content (AvgIpc) is 3.61. The first-order chi connectivity index (χ1) is 14.2. The van der Waals surface area contributed by atoms with E-state index >= 15 is 0 Å². The minimum atomic E-state index is 0.0726. The molecule has 0 atom stereocenters. The summed E-state index contributed by atoms with van der Waals surface area (Å²) in [6.45, 7) is 4.38. The Hall–Kier alpha value is -2.31. The number of hydrogen-bond donors (Lipinski definition) is 1. The minimum absolute atomic E-state index is 0.0726. The standard InChI is InChI=1S/C23H27N3O2S/c27-22(18-6-7-18)24-20-10-8-19(9-11-20)23(28)26-14-12-25(13-15-26)16-17-29-21-4-2-1-3-5-21/h1-5,8-11,18H,6-7,12-17H2,(H,24,27). The molecular weight excluding hydrogens is 382 g/mol. The Bertz CT molecular complexity index is 829. The molecule has 1 heterocycles. The van der Waals surface area contributed by atoms with Gasteiger partial charge in [0.25, 0.3) is 5.91 Å². The zero-order valence-corrected chi connectivity index (χ0v) is 17.4. The summed E-state index contributed by atoms with van der Waals surface area (Å²) in [5.41, 5.74) is 1.45. The van der Waals surface area contributed by atoms with Crippen molar-refractivity contribution >= 4 is 29.3 Å². The topological polar surface area (TPSA) is 52.7 Å². The van der Waals surface area contributed by atoms with E-state index in [0.717, 1.165) is 57.0 Å². The smallest absolute Gasteiger partial charge is 0.253 e. The van der Waals surface area contributed by atoms with E-state index in [0.29, 0.717) is 5.56 Å². The monoisotopic (exact) mass is 409 g/mol. The zero-order valence-electron chi connectivity index (χ0n) is 16.5. The van der Waals surface area contributed by atoms with Crippen LogP contribution in [0.25, 0.3) is 0 Å². The van der Waals surface area contributed by atoms with Gasteiger partial charge in [-0.15, -0.1) is 11.8 Å². The van der Waals surface area contributed by atoms with E-state index in [2.05, 4.69) is 34.5 Å². The molecule has 1 N–H and O–H groups in total. The maximum absolute atomic E-state index is 12.8. The third-order valence-corrected chi connectivity index (χ3v) is 6.42. The maximum atomic E-state index is 12.8. The van der Waals surface area contributed by atoms with Crippen molar-refractivity contribution in [2.24, 2.45) is 5.92 Å². The molecule has 1 aliphatic carbocycles. The fraction of sp³-hybridized carbons (Fsp3) is 0.391. The van der Waals surface area contributed by atoms with Gasteiger partial charge in [0, 0.05) is 60.5 Å². The van der Waals surface area contributed by atoms with Crippen LogP contribution in [0.15, 0.2) is 59.5 Å². The number of hydrogen-bond acceptors (Lipinski definition) is 4. The molecule has 2 aromatic carbocycles. The SMILES string of the molecule is O=C(Nc1ccc(C(=O)N2CCN(CCSc3ccccc3)CC2)cc1)C1CC1. The second-order valence-electron chi connectivity index (χ2n) is 7.64. The van der Waals surface area contributed by atoms with Crippen LogP contribution in [-0.2, 0) is 4.79 Å². The van der Waals surface area contributed by atoms with Crippen molar-refractivity contribution in [1.82, 2.24) is 9.80 Å².